The Morgan fingerprint density at radius 1 is 1.15 bits per heavy atom. The predicted molar refractivity (Wildman–Crippen MR) is 118 cm³/mol. The van der Waals surface area contributed by atoms with E-state index in [9.17, 15) is 22.8 Å². The lowest BCUT2D eigenvalue weighted by atomic mass is 10.0. The quantitative estimate of drug-likeness (QED) is 0.344. The van der Waals surface area contributed by atoms with Crippen LogP contribution in [-0.2, 0) is 26.0 Å². The molecule has 4 rings (SSSR count). The van der Waals surface area contributed by atoms with Gasteiger partial charge in [0.2, 0.25) is 15.9 Å². The second-order valence-corrected chi connectivity index (χ2v) is 9.48. The molecule has 172 valence electrons. The minimum atomic E-state index is -3.74. The van der Waals surface area contributed by atoms with E-state index in [1.54, 1.807) is 24.3 Å². The normalized spacial score (nSPS) is 17.9. The van der Waals surface area contributed by atoms with Gasteiger partial charge in [-0.15, -0.1) is 0 Å². The highest BCUT2D eigenvalue weighted by Gasteiger charge is 2.37. The van der Waals surface area contributed by atoms with Gasteiger partial charge in [0, 0.05) is 0 Å². The SMILES string of the molecule is O=C(O)CNC(=O)N[C@@H](Cc1ccc(C2CC(=O)NS2(=O)=O)cc1)c1nc2ccccc2[nH]1. The molecule has 2 aromatic carbocycles. The van der Waals surface area contributed by atoms with Gasteiger partial charge in [0.15, 0.2) is 0 Å². The molecule has 2 heterocycles. The summed E-state index contributed by atoms with van der Waals surface area (Å²) in [5.41, 5.74) is 2.76. The summed E-state index contributed by atoms with van der Waals surface area (Å²) in [6, 6.07) is 12.8. The lowest BCUT2D eigenvalue weighted by Crippen LogP contribution is -2.41. The highest BCUT2D eigenvalue weighted by Crippen LogP contribution is 2.30. The number of H-pyrrole nitrogens is 1. The van der Waals surface area contributed by atoms with E-state index in [1.165, 1.54) is 0 Å². The van der Waals surface area contributed by atoms with Gasteiger partial charge in [-0.25, -0.2) is 18.2 Å². The summed E-state index contributed by atoms with van der Waals surface area (Å²) in [6.45, 7) is -0.532. The molecule has 2 atom stereocenters. The highest BCUT2D eigenvalue weighted by molar-refractivity contribution is 7.90. The van der Waals surface area contributed by atoms with Crippen LogP contribution in [-0.4, -0.2) is 47.9 Å². The molecule has 1 aliphatic heterocycles. The van der Waals surface area contributed by atoms with Crippen molar-refractivity contribution in [3.05, 3.63) is 65.5 Å². The van der Waals surface area contributed by atoms with Gasteiger partial charge in [-0.05, 0) is 29.7 Å². The Morgan fingerprint density at radius 2 is 1.88 bits per heavy atom. The molecule has 12 heteroatoms. The average molecular weight is 471 g/mol. The van der Waals surface area contributed by atoms with Gasteiger partial charge in [0.05, 0.1) is 23.5 Å². The van der Waals surface area contributed by atoms with E-state index >= 15 is 0 Å². The minimum Gasteiger partial charge on any atom is -0.480 e. The number of hydrogen-bond donors (Lipinski definition) is 5. The van der Waals surface area contributed by atoms with Crippen LogP contribution in [0.5, 0.6) is 0 Å². The van der Waals surface area contributed by atoms with E-state index in [-0.39, 0.29) is 6.42 Å². The van der Waals surface area contributed by atoms with Crippen molar-refractivity contribution in [1.82, 2.24) is 25.3 Å². The summed E-state index contributed by atoms with van der Waals surface area (Å²) in [7, 11) is -3.74. The van der Waals surface area contributed by atoms with Gasteiger partial charge in [-0.3, -0.25) is 14.3 Å². The molecule has 33 heavy (non-hydrogen) atoms. The zero-order valence-corrected chi connectivity index (χ0v) is 18.1. The smallest absolute Gasteiger partial charge is 0.323 e. The molecule has 3 amide bonds. The van der Waals surface area contributed by atoms with Crippen molar-refractivity contribution >= 4 is 39.0 Å². The summed E-state index contributed by atoms with van der Waals surface area (Å²) >= 11 is 0. The van der Waals surface area contributed by atoms with Crippen molar-refractivity contribution < 1.29 is 27.9 Å². The van der Waals surface area contributed by atoms with Crippen molar-refractivity contribution in [2.45, 2.75) is 24.1 Å². The number of benzene rings is 2. The zero-order valence-electron chi connectivity index (χ0n) is 17.2. The molecule has 1 aliphatic rings. The first kappa shape index (κ1) is 22.3. The standard InChI is InChI=1S/C21H21N5O6S/c27-18-10-17(33(31,32)26-18)13-7-5-12(6-8-13)9-16(25-21(30)22-11-19(28)29)20-23-14-3-1-2-4-15(14)24-20/h1-8,16-17H,9-11H2,(H,23,24)(H,26,27)(H,28,29)(H2,22,25,30)/t16-,17?/m0/s1. The Hall–Kier alpha value is -3.93. The minimum absolute atomic E-state index is 0.130. The van der Waals surface area contributed by atoms with Crippen LogP contribution in [0.25, 0.3) is 11.0 Å². The van der Waals surface area contributed by atoms with Crippen LogP contribution >= 0.6 is 0 Å². The number of carboxylic acid groups (broad SMARTS) is 1. The number of urea groups is 1. The second kappa shape index (κ2) is 8.90. The topological polar surface area (TPSA) is 170 Å². The molecular weight excluding hydrogens is 450 g/mol. The summed E-state index contributed by atoms with van der Waals surface area (Å²) < 4.78 is 26.2. The number of rotatable bonds is 7. The van der Waals surface area contributed by atoms with E-state index < -0.39 is 45.8 Å². The van der Waals surface area contributed by atoms with Crippen molar-refractivity contribution in [2.24, 2.45) is 0 Å². The summed E-state index contributed by atoms with van der Waals surface area (Å²) in [5, 5.41) is 12.8. The number of aliphatic carboxylic acids is 1. The molecule has 11 nitrogen and oxygen atoms in total. The number of imidazole rings is 1. The van der Waals surface area contributed by atoms with E-state index in [2.05, 4.69) is 20.6 Å². The molecule has 0 aliphatic carbocycles. The number of nitrogens with one attached hydrogen (secondary N) is 4. The number of carboxylic acids is 1. The summed E-state index contributed by atoms with van der Waals surface area (Å²) in [4.78, 5) is 42.2. The third-order valence-corrected chi connectivity index (χ3v) is 6.94. The molecule has 1 aromatic heterocycles. The van der Waals surface area contributed by atoms with Gasteiger partial charge in [0.1, 0.15) is 17.6 Å². The zero-order chi connectivity index (χ0) is 23.6. The van der Waals surface area contributed by atoms with Gasteiger partial charge in [-0.1, -0.05) is 36.4 Å². The van der Waals surface area contributed by atoms with Crippen molar-refractivity contribution in [3.63, 3.8) is 0 Å². The van der Waals surface area contributed by atoms with Crippen LogP contribution in [0.4, 0.5) is 4.79 Å². The Morgan fingerprint density at radius 3 is 2.52 bits per heavy atom. The van der Waals surface area contributed by atoms with E-state index in [0.717, 1.165) is 11.1 Å². The number of carbonyl (C=O) groups is 3. The molecule has 1 fully saturated rings. The van der Waals surface area contributed by atoms with E-state index in [4.69, 9.17) is 5.11 Å². The number of amides is 3. The number of fused-ring (bicyclic) bond motifs is 1. The number of aromatic nitrogens is 2. The fraction of sp³-hybridized carbons (Fsp3) is 0.238. The summed E-state index contributed by atoms with van der Waals surface area (Å²) in [6.07, 6.45) is 0.170. The number of hydrogen-bond acceptors (Lipinski definition) is 6. The molecule has 5 N–H and O–H groups in total. The molecular formula is C21H21N5O6S. The maximum Gasteiger partial charge on any atom is 0.323 e. The largest absolute Gasteiger partial charge is 0.480 e. The Balaban J connectivity index is 1.56. The fourth-order valence-corrected chi connectivity index (χ4v) is 5.10. The molecule has 0 spiro atoms. The predicted octanol–water partition coefficient (Wildman–Crippen LogP) is 1.12. The second-order valence-electron chi connectivity index (χ2n) is 7.62. The van der Waals surface area contributed by atoms with Gasteiger partial charge < -0.3 is 20.7 Å². The van der Waals surface area contributed by atoms with Crippen LogP contribution in [0, 0.1) is 0 Å². The molecule has 0 radical (unpaired) electrons. The van der Waals surface area contributed by atoms with Crippen LogP contribution in [0.3, 0.4) is 0 Å². The van der Waals surface area contributed by atoms with Crippen LogP contribution in [0.1, 0.15) is 34.7 Å². The number of nitrogens with zero attached hydrogens (tertiary/aromatic N) is 1. The first-order valence-corrected chi connectivity index (χ1v) is 11.6. The van der Waals surface area contributed by atoms with Crippen LogP contribution in [0.2, 0.25) is 0 Å². The average Bonchev–Trinajstić information content (AvgIpc) is 3.31. The van der Waals surface area contributed by atoms with Crippen LogP contribution in [0.15, 0.2) is 48.5 Å². The van der Waals surface area contributed by atoms with E-state index in [0.29, 0.717) is 23.3 Å². The molecule has 3 aromatic rings. The van der Waals surface area contributed by atoms with Gasteiger partial charge in [0.25, 0.3) is 0 Å². The van der Waals surface area contributed by atoms with Crippen LogP contribution < -0.4 is 15.4 Å². The first-order valence-electron chi connectivity index (χ1n) is 10.1. The fourth-order valence-electron chi connectivity index (χ4n) is 3.67. The number of sulfonamides is 1. The molecule has 1 unspecified atom stereocenters. The maximum absolute atomic E-state index is 12.2. The van der Waals surface area contributed by atoms with Crippen molar-refractivity contribution in [1.29, 1.82) is 0 Å². The first-order chi connectivity index (χ1) is 15.7. The molecule has 0 saturated carbocycles. The van der Waals surface area contributed by atoms with Gasteiger partial charge >= 0.3 is 12.0 Å². The van der Waals surface area contributed by atoms with Crippen molar-refractivity contribution in [2.75, 3.05) is 6.54 Å². The highest BCUT2D eigenvalue weighted by atomic mass is 32.2. The Labute approximate surface area is 188 Å². The number of para-hydroxylation sites is 2. The maximum atomic E-state index is 12.2. The third-order valence-electron chi connectivity index (χ3n) is 5.24. The van der Waals surface area contributed by atoms with Crippen molar-refractivity contribution in [3.8, 4) is 0 Å². The Kier molecular flexibility index (Phi) is 6.01. The molecule has 0 bridgehead atoms. The Bertz CT molecular complexity index is 1290. The lowest BCUT2D eigenvalue weighted by molar-refractivity contribution is -0.135. The molecule has 1 saturated heterocycles. The van der Waals surface area contributed by atoms with E-state index in [1.807, 2.05) is 29.0 Å². The number of carbonyl (C=O) groups excluding carboxylic acids is 2. The van der Waals surface area contributed by atoms with Gasteiger partial charge in [-0.2, -0.15) is 0 Å². The monoisotopic (exact) mass is 471 g/mol. The lowest BCUT2D eigenvalue weighted by Gasteiger charge is -2.18. The summed E-state index contributed by atoms with van der Waals surface area (Å²) in [5.74, 6) is -1.22. The number of aromatic amines is 1. The third kappa shape index (κ3) is 5.12.